The Morgan fingerprint density at radius 2 is 0.611 bits per heavy atom. The standard InChI is InChI=1S/C16H14ClFN2O5.C15H13ClFNO3.C15H11ClFNO3.C15H11ClFNO2.C14H9ClFNO3.C13H8Cl2FNO2.C7H5Cl2NO2.C6H3Cl2NO2/c1-16(22,8-20(23)24)14-7-10(15(21)25-2)6-13(19-14)9-3-4-12(18)11(17)5-9;2*1-8(19)13-6-10(15(20)21-2)7-14(18-13)9-3-4-12(17)11(16)5-9;1-3-11-6-10(15(19)20-2)8-14(18-11)9-4-5-13(17)12(16)7-9;1-20-14(19)9-4-10(7-18)17-13(6-9)8-2-3-12(16)11(15)5-8;1-19-13(18)8-5-11(17-12(15)6-8)7-2-3-10(16)9(14)4-7;1-12-7(11)4-2-5(8)10-6(9)3-4;7-4-1-3(6(10)11)2-5(8)9-4/h3-7,22H,8H2,1-2H3;3-8,19H,1-2H3;3-7H,1-2H3;3-8H,1H2,2H3;2-7H,1H3;2-6H,1H3;2-3H,1H3;1-2H,(H,10,11). The monoisotopic (exact) mass is 2260 g/mol. The number of rotatable bonds is 21. The number of carbonyl (C=O) groups is 10. The van der Waals surface area contributed by atoms with Crippen molar-refractivity contribution in [3.05, 3.63) is 387 Å². The molecule has 2 unspecified atom stereocenters. The van der Waals surface area contributed by atoms with Gasteiger partial charge in [-0.1, -0.05) is 134 Å². The summed E-state index contributed by atoms with van der Waals surface area (Å²) in [6, 6.07) is 46.7. The van der Waals surface area contributed by atoms with E-state index in [2.05, 4.69) is 79.6 Å². The summed E-state index contributed by atoms with van der Waals surface area (Å²) in [5.41, 5.74) is 5.79. The Balaban J connectivity index is 0.000000233. The number of aromatic nitrogens is 8. The third-order valence-electron chi connectivity index (χ3n) is 19.1. The maximum absolute atomic E-state index is 13.3. The van der Waals surface area contributed by atoms with Crippen molar-refractivity contribution in [1.82, 2.24) is 39.9 Å². The number of hydrogen-bond acceptors (Lipinski definition) is 29. The number of aromatic carboxylic acids is 1. The summed E-state index contributed by atoms with van der Waals surface area (Å²) in [4.78, 5) is 156. The molecule has 0 saturated carbocycles. The molecule has 0 spiro atoms. The Morgan fingerprint density at radius 3 is 0.893 bits per heavy atom. The fourth-order valence-corrected chi connectivity index (χ4v) is 14.1. The topological polar surface area (TPSA) is 442 Å². The van der Waals surface area contributed by atoms with Crippen molar-refractivity contribution < 1.29 is 128 Å². The van der Waals surface area contributed by atoms with Crippen molar-refractivity contribution in [2.45, 2.75) is 32.5 Å². The number of aliphatic hydroxyl groups is 2. The van der Waals surface area contributed by atoms with Crippen LogP contribution in [0.15, 0.2) is 213 Å². The zero-order chi connectivity index (χ0) is 111. The highest BCUT2D eigenvalue weighted by molar-refractivity contribution is 6.35. The van der Waals surface area contributed by atoms with E-state index in [0.717, 1.165) is 6.07 Å². The van der Waals surface area contributed by atoms with E-state index in [1.54, 1.807) is 12.1 Å². The number of aliphatic hydroxyl groups excluding tert-OH is 1. The molecule has 149 heavy (non-hydrogen) atoms. The minimum Gasteiger partial charge on any atom is -0.478 e. The molecule has 2 atom stereocenters. The molecule has 14 aromatic rings. The lowest BCUT2D eigenvalue weighted by molar-refractivity contribution is -0.501. The summed E-state index contributed by atoms with van der Waals surface area (Å²) < 4.78 is 112. The number of ether oxygens (including phenoxy) is 7. The van der Waals surface area contributed by atoms with E-state index in [4.69, 9.17) is 133 Å². The number of carboxylic acids is 1. The first-order chi connectivity index (χ1) is 70.3. The van der Waals surface area contributed by atoms with Gasteiger partial charge in [0.2, 0.25) is 6.54 Å². The molecule has 8 heterocycles. The fourth-order valence-electron chi connectivity index (χ4n) is 11.9. The van der Waals surface area contributed by atoms with Crippen LogP contribution in [-0.2, 0) is 38.8 Å². The zero-order valence-corrected chi connectivity index (χ0v) is 86.6. The number of esters is 7. The predicted octanol–water partition coefficient (Wildman–Crippen LogP) is 25.1. The van der Waals surface area contributed by atoms with Crippen molar-refractivity contribution >= 4 is 194 Å². The summed E-state index contributed by atoms with van der Waals surface area (Å²) in [5.74, 6) is -8.63. The van der Waals surface area contributed by atoms with Crippen molar-refractivity contribution in [3.8, 4) is 67.5 Å². The molecule has 0 aliphatic heterocycles. The van der Waals surface area contributed by atoms with Crippen LogP contribution >= 0.6 is 128 Å². The van der Waals surface area contributed by atoms with Crippen LogP contribution in [0, 0.1) is 45.0 Å². The van der Waals surface area contributed by atoms with Gasteiger partial charge in [0.25, 0.3) is 0 Å². The van der Waals surface area contributed by atoms with Gasteiger partial charge in [0.1, 0.15) is 72.1 Å². The van der Waals surface area contributed by atoms with Crippen molar-refractivity contribution in [2.75, 3.05) is 56.3 Å². The molecule has 0 aliphatic rings. The largest absolute Gasteiger partial charge is 0.478 e. The molecule has 0 saturated heterocycles. The maximum Gasteiger partial charge on any atom is 0.338 e. The number of carbonyl (C=O) groups excluding carboxylic acids is 9. The van der Waals surface area contributed by atoms with Gasteiger partial charge in [0, 0.05) is 45.2 Å². The highest BCUT2D eigenvalue weighted by atomic mass is 35.5. The minimum atomic E-state index is -1.92. The molecule has 8 aromatic heterocycles. The van der Waals surface area contributed by atoms with Crippen LogP contribution in [-0.4, -0.2) is 176 Å². The number of ketones is 1. The molecule has 0 bridgehead atoms. The number of carboxylic acid groups (broad SMARTS) is 1. The molecule has 774 valence electrons. The molecular weight excluding hydrogens is 2200 g/mol. The third-order valence-corrected chi connectivity index (χ3v) is 21.8. The molecule has 0 aliphatic carbocycles. The summed E-state index contributed by atoms with van der Waals surface area (Å²) in [6.45, 7) is 6.89. The molecule has 0 amide bonds. The number of nitrogens with zero attached hydrogens (tertiary/aromatic N) is 9. The number of methoxy groups -OCH3 is 7. The lowest BCUT2D eigenvalue weighted by Gasteiger charge is -2.19. The molecular formula is C101H74Cl11F6N9O22. The number of hydrogen-bond donors (Lipinski definition) is 3. The van der Waals surface area contributed by atoms with Gasteiger partial charge in [-0.2, -0.15) is 0 Å². The quantitative estimate of drug-likeness (QED) is 0.00879. The number of pyridine rings is 8. The maximum atomic E-state index is 13.3. The average molecular weight is 2270 g/mol. The van der Waals surface area contributed by atoms with Gasteiger partial charge in [-0.15, -0.1) is 0 Å². The van der Waals surface area contributed by atoms with Gasteiger partial charge < -0.3 is 48.5 Å². The lowest BCUT2D eigenvalue weighted by Crippen LogP contribution is -2.32. The van der Waals surface area contributed by atoms with Crippen molar-refractivity contribution in [2.24, 2.45) is 0 Å². The van der Waals surface area contributed by atoms with Crippen LogP contribution < -0.4 is 0 Å². The van der Waals surface area contributed by atoms with E-state index in [1.165, 1.54) is 265 Å². The SMILES string of the molecule is C=Cc1cc(C(=O)OC)cc(-c2ccc(F)c(Cl)c2)n1.COC(=O)c1cc(-c2ccc(F)c(Cl)c2)nc(C(C)(O)C[N+](=O)[O-])c1.COC(=O)c1cc(-c2ccc(F)c(Cl)c2)nc(C(C)O)c1.COC(=O)c1cc(C(C)=O)nc(-c2ccc(F)c(Cl)c2)c1.COC(=O)c1cc(C=O)nc(-c2ccc(F)c(Cl)c2)c1.COC(=O)c1cc(Cl)nc(-c2ccc(F)c(Cl)c2)c1.COC(=O)c1cc(Cl)nc(Cl)c1.O=C(O)c1cc(Cl)nc(Cl)c1. The molecule has 0 radical (unpaired) electrons. The summed E-state index contributed by atoms with van der Waals surface area (Å²) >= 11 is 62.2. The van der Waals surface area contributed by atoms with Gasteiger partial charge in [-0.05, 0) is 226 Å². The number of nitro groups is 1. The molecule has 6 aromatic carbocycles. The zero-order valence-electron chi connectivity index (χ0n) is 78.3. The summed E-state index contributed by atoms with van der Waals surface area (Å²) in [5, 5.41) is 39.6. The fraction of sp³-hybridized carbons (Fsp3) is 0.129. The van der Waals surface area contributed by atoms with Crippen LogP contribution in [0.5, 0.6) is 0 Å². The second-order valence-corrected chi connectivity index (χ2v) is 34.0. The second-order valence-electron chi connectivity index (χ2n) is 29.7. The van der Waals surface area contributed by atoms with Crippen molar-refractivity contribution in [1.29, 1.82) is 0 Å². The minimum absolute atomic E-state index is 0.00655. The van der Waals surface area contributed by atoms with Crippen LogP contribution in [0.1, 0.15) is 148 Å². The van der Waals surface area contributed by atoms with E-state index >= 15 is 0 Å². The average Bonchev–Trinajstić information content (AvgIpc) is 0.788. The van der Waals surface area contributed by atoms with Gasteiger partial charge in [0.05, 0.1) is 182 Å². The highest BCUT2D eigenvalue weighted by Crippen LogP contribution is 2.35. The van der Waals surface area contributed by atoms with E-state index < -0.39 is 106 Å². The second kappa shape index (κ2) is 57.1. The first-order valence-electron chi connectivity index (χ1n) is 41.4. The van der Waals surface area contributed by atoms with Gasteiger partial charge in [-0.25, -0.2) is 99.6 Å². The Hall–Kier alpha value is -14.6. The normalized spacial score (nSPS) is 10.9. The number of benzene rings is 6. The van der Waals surface area contributed by atoms with Gasteiger partial charge in [0.15, 0.2) is 17.7 Å². The Labute approximate surface area is 897 Å². The lowest BCUT2D eigenvalue weighted by atomic mass is 9.98. The predicted molar refractivity (Wildman–Crippen MR) is 545 cm³/mol. The number of Topliss-reactive ketones (excluding diaryl/α,β-unsaturated/α-hetero) is 1. The Kier molecular flexibility index (Phi) is 46.5. The summed E-state index contributed by atoms with van der Waals surface area (Å²) in [7, 11) is 8.76. The number of halogens is 17. The van der Waals surface area contributed by atoms with Crippen molar-refractivity contribution in [3.63, 3.8) is 0 Å². The molecule has 31 nitrogen and oxygen atoms in total. The Morgan fingerprint density at radius 1 is 0.362 bits per heavy atom. The van der Waals surface area contributed by atoms with Crippen LogP contribution in [0.25, 0.3) is 73.6 Å². The van der Waals surface area contributed by atoms with E-state index in [1.807, 2.05) is 0 Å². The van der Waals surface area contributed by atoms with Crippen LogP contribution in [0.3, 0.4) is 0 Å². The van der Waals surface area contributed by atoms with Crippen LogP contribution in [0.2, 0.25) is 55.9 Å². The smallest absolute Gasteiger partial charge is 0.338 e. The third kappa shape index (κ3) is 36.2. The first kappa shape index (κ1) is 121. The molecule has 0 fully saturated rings. The van der Waals surface area contributed by atoms with Gasteiger partial charge in [-0.3, -0.25) is 24.7 Å². The Bertz CT molecular complexity index is 7280. The number of aldehydes is 1. The van der Waals surface area contributed by atoms with E-state index in [0.29, 0.717) is 90.7 Å². The van der Waals surface area contributed by atoms with E-state index in [-0.39, 0.29) is 118 Å². The highest BCUT2D eigenvalue weighted by Gasteiger charge is 2.33. The van der Waals surface area contributed by atoms with Gasteiger partial charge >= 0.3 is 47.8 Å². The van der Waals surface area contributed by atoms with E-state index in [9.17, 15) is 94.6 Å². The summed E-state index contributed by atoms with van der Waals surface area (Å²) in [6.07, 6.45) is 1.17. The molecule has 48 heteroatoms. The first-order valence-corrected chi connectivity index (χ1v) is 45.6. The molecule has 3 N–H and O–H groups in total. The van der Waals surface area contributed by atoms with Crippen LogP contribution in [0.4, 0.5) is 26.3 Å². The molecule has 14 rings (SSSR count).